The van der Waals surface area contributed by atoms with Crippen LogP contribution in [0.15, 0.2) is 12.7 Å². The lowest BCUT2D eigenvalue weighted by atomic mass is 10.1. The lowest BCUT2D eigenvalue weighted by molar-refractivity contribution is -0.119. The fourth-order valence-electron chi connectivity index (χ4n) is 0.599. The summed E-state index contributed by atoms with van der Waals surface area (Å²) < 4.78 is 0. The van der Waals surface area contributed by atoms with Crippen molar-refractivity contribution in [2.45, 2.75) is 12.8 Å². The number of primary amides is 1. The van der Waals surface area contributed by atoms with Gasteiger partial charge in [-0.05, 0) is 6.92 Å². The number of nitrogens with zero attached hydrogens (tertiary/aromatic N) is 3. The summed E-state index contributed by atoms with van der Waals surface area (Å²) in [6, 6.07) is 0. The van der Waals surface area contributed by atoms with Crippen molar-refractivity contribution >= 4 is 5.91 Å². The van der Waals surface area contributed by atoms with E-state index in [-0.39, 0.29) is 0 Å². The van der Waals surface area contributed by atoms with E-state index in [9.17, 15) is 4.79 Å². The number of hydrogen-bond acceptors (Lipinski definition) is 4. The van der Waals surface area contributed by atoms with Crippen LogP contribution in [0.1, 0.15) is 18.7 Å². The van der Waals surface area contributed by atoms with Crippen molar-refractivity contribution in [1.82, 2.24) is 15.0 Å². The highest BCUT2D eigenvalue weighted by Gasteiger charge is 2.13. The van der Waals surface area contributed by atoms with Crippen LogP contribution in [0.2, 0.25) is 0 Å². The molecule has 1 atom stereocenters. The lowest BCUT2D eigenvalue weighted by Crippen LogP contribution is -2.20. The van der Waals surface area contributed by atoms with Crippen molar-refractivity contribution in [2.75, 3.05) is 0 Å². The maximum absolute atomic E-state index is 10.6. The first-order chi connectivity index (χ1) is 5.22. The lowest BCUT2D eigenvalue weighted by Gasteiger charge is -2.02. The van der Waals surface area contributed by atoms with Gasteiger partial charge in [-0.3, -0.25) is 4.79 Å². The average molecular weight is 152 g/mol. The predicted molar refractivity (Wildman–Crippen MR) is 37.4 cm³/mol. The molecule has 5 heteroatoms. The summed E-state index contributed by atoms with van der Waals surface area (Å²) in [6.07, 6.45) is 2.67. The Morgan fingerprint density at radius 3 is 2.55 bits per heavy atom. The number of carbonyl (C=O) groups excluding carboxylic acids is 1. The molecular formula is C6H8N4O. The van der Waals surface area contributed by atoms with Crippen LogP contribution in [-0.2, 0) is 4.79 Å². The molecule has 0 bridgehead atoms. The molecule has 0 saturated heterocycles. The zero-order chi connectivity index (χ0) is 8.27. The van der Waals surface area contributed by atoms with Gasteiger partial charge in [-0.15, -0.1) is 0 Å². The molecule has 0 aliphatic heterocycles. The van der Waals surface area contributed by atoms with Gasteiger partial charge in [-0.25, -0.2) is 15.0 Å². The number of aromatic nitrogens is 3. The Kier molecular flexibility index (Phi) is 2.10. The van der Waals surface area contributed by atoms with Gasteiger partial charge in [-0.2, -0.15) is 0 Å². The summed E-state index contributed by atoms with van der Waals surface area (Å²) >= 11 is 0. The minimum absolute atomic E-state index is 0.410. The third kappa shape index (κ3) is 1.70. The predicted octanol–water partition coefficient (Wildman–Crippen LogP) is -0.540. The molecule has 11 heavy (non-hydrogen) atoms. The maximum Gasteiger partial charge on any atom is 0.227 e. The second-order valence-electron chi connectivity index (χ2n) is 2.12. The van der Waals surface area contributed by atoms with E-state index in [4.69, 9.17) is 5.73 Å². The van der Waals surface area contributed by atoms with Crippen LogP contribution in [0.25, 0.3) is 0 Å². The molecule has 1 rings (SSSR count). The fourth-order valence-corrected chi connectivity index (χ4v) is 0.599. The van der Waals surface area contributed by atoms with Gasteiger partial charge in [0.15, 0.2) is 0 Å². The topological polar surface area (TPSA) is 81.8 Å². The van der Waals surface area contributed by atoms with Crippen molar-refractivity contribution in [1.29, 1.82) is 0 Å². The van der Waals surface area contributed by atoms with E-state index in [2.05, 4.69) is 15.0 Å². The summed E-state index contributed by atoms with van der Waals surface area (Å²) in [4.78, 5) is 21.8. The Morgan fingerprint density at radius 2 is 2.09 bits per heavy atom. The van der Waals surface area contributed by atoms with E-state index >= 15 is 0 Å². The van der Waals surface area contributed by atoms with Crippen molar-refractivity contribution in [2.24, 2.45) is 5.73 Å². The highest BCUT2D eigenvalue weighted by Crippen LogP contribution is 2.05. The van der Waals surface area contributed by atoms with E-state index in [1.807, 2.05) is 0 Å². The van der Waals surface area contributed by atoms with Crippen molar-refractivity contribution in [3.05, 3.63) is 18.5 Å². The van der Waals surface area contributed by atoms with Crippen molar-refractivity contribution < 1.29 is 4.79 Å². The molecule has 1 heterocycles. The Morgan fingerprint density at radius 1 is 1.55 bits per heavy atom. The van der Waals surface area contributed by atoms with Crippen LogP contribution in [-0.4, -0.2) is 20.9 Å². The van der Waals surface area contributed by atoms with Crippen LogP contribution >= 0.6 is 0 Å². The second-order valence-corrected chi connectivity index (χ2v) is 2.12. The molecule has 1 aromatic heterocycles. The first-order valence-corrected chi connectivity index (χ1v) is 3.13. The largest absolute Gasteiger partial charge is 0.369 e. The first kappa shape index (κ1) is 7.59. The molecule has 0 fully saturated rings. The summed E-state index contributed by atoms with van der Waals surface area (Å²) in [5.74, 6) is -0.471. The zero-order valence-corrected chi connectivity index (χ0v) is 6.06. The van der Waals surface area contributed by atoms with Crippen molar-refractivity contribution in [3.63, 3.8) is 0 Å². The molecule has 0 aliphatic rings. The quantitative estimate of drug-likeness (QED) is 0.617. The molecule has 0 radical (unpaired) electrons. The molecule has 0 spiro atoms. The monoisotopic (exact) mass is 152 g/mol. The summed E-state index contributed by atoms with van der Waals surface area (Å²) in [5, 5.41) is 0. The molecule has 1 aromatic rings. The SMILES string of the molecule is CC(C(N)=O)c1ncncn1. The van der Waals surface area contributed by atoms with E-state index in [0.29, 0.717) is 5.82 Å². The van der Waals surface area contributed by atoms with Crippen LogP contribution in [0.5, 0.6) is 0 Å². The number of rotatable bonds is 2. The van der Waals surface area contributed by atoms with Gasteiger partial charge < -0.3 is 5.73 Å². The minimum Gasteiger partial charge on any atom is -0.369 e. The van der Waals surface area contributed by atoms with Gasteiger partial charge in [0.05, 0.1) is 5.92 Å². The van der Waals surface area contributed by atoms with E-state index in [0.717, 1.165) is 0 Å². The normalized spacial score (nSPS) is 12.5. The first-order valence-electron chi connectivity index (χ1n) is 3.13. The van der Waals surface area contributed by atoms with Crippen LogP contribution < -0.4 is 5.73 Å². The molecule has 1 unspecified atom stereocenters. The molecule has 2 N–H and O–H groups in total. The zero-order valence-electron chi connectivity index (χ0n) is 6.06. The molecule has 0 aliphatic carbocycles. The van der Waals surface area contributed by atoms with Gasteiger partial charge in [0.1, 0.15) is 18.5 Å². The smallest absolute Gasteiger partial charge is 0.227 e. The summed E-state index contributed by atoms with van der Waals surface area (Å²) in [5.41, 5.74) is 5.03. The number of hydrogen-bond donors (Lipinski definition) is 1. The molecular weight excluding hydrogens is 144 g/mol. The van der Waals surface area contributed by atoms with Crippen LogP contribution in [0, 0.1) is 0 Å². The van der Waals surface area contributed by atoms with Gasteiger partial charge in [0, 0.05) is 0 Å². The molecule has 1 amide bonds. The van der Waals surface area contributed by atoms with Gasteiger partial charge >= 0.3 is 0 Å². The van der Waals surface area contributed by atoms with Gasteiger partial charge in [0.2, 0.25) is 5.91 Å². The Balaban J connectivity index is 2.85. The summed E-state index contributed by atoms with van der Waals surface area (Å²) in [7, 11) is 0. The van der Waals surface area contributed by atoms with Gasteiger partial charge in [-0.1, -0.05) is 0 Å². The molecule has 0 aromatic carbocycles. The Bertz CT molecular complexity index is 248. The highest BCUT2D eigenvalue weighted by atomic mass is 16.1. The average Bonchev–Trinajstić information content (AvgIpc) is 2.05. The van der Waals surface area contributed by atoms with E-state index in [1.54, 1.807) is 6.92 Å². The number of nitrogens with two attached hydrogens (primary N) is 1. The maximum atomic E-state index is 10.6. The molecule has 58 valence electrons. The third-order valence-electron chi connectivity index (χ3n) is 1.33. The van der Waals surface area contributed by atoms with Gasteiger partial charge in [0.25, 0.3) is 0 Å². The standard InChI is InChI=1S/C6H8N4O/c1-4(5(7)11)6-9-2-8-3-10-6/h2-4H,1H3,(H2,7,11). The third-order valence-corrected chi connectivity index (χ3v) is 1.33. The fraction of sp³-hybridized carbons (Fsp3) is 0.333. The van der Waals surface area contributed by atoms with Crippen LogP contribution in [0.4, 0.5) is 0 Å². The van der Waals surface area contributed by atoms with Crippen molar-refractivity contribution in [3.8, 4) is 0 Å². The Hall–Kier alpha value is -1.52. The minimum atomic E-state index is -0.446. The summed E-state index contributed by atoms with van der Waals surface area (Å²) in [6.45, 7) is 1.65. The second kappa shape index (κ2) is 3.05. The number of carbonyl (C=O) groups is 1. The molecule has 0 saturated carbocycles. The van der Waals surface area contributed by atoms with Crippen LogP contribution in [0.3, 0.4) is 0 Å². The highest BCUT2D eigenvalue weighted by molar-refractivity contribution is 5.80. The van der Waals surface area contributed by atoms with E-state index in [1.165, 1.54) is 12.7 Å². The Labute approximate surface area is 63.7 Å². The van der Waals surface area contributed by atoms with E-state index < -0.39 is 11.8 Å². The number of amides is 1. The molecule has 5 nitrogen and oxygen atoms in total.